The first-order chi connectivity index (χ1) is 16.2. The van der Waals surface area contributed by atoms with Crippen LogP contribution in [-0.4, -0.2) is 107 Å². The van der Waals surface area contributed by atoms with Gasteiger partial charge in [-0.25, -0.2) is 0 Å². The number of rotatable bonds is 12. The number of nitrogens with zero attached hydrogens (tertiary/aromatic N) is 3. The summed E-state index contributed by atoms with van der Waals surface area (Å²) >= 11 is 0. The molecule has 0 aliphatic rings. The molecule has 0 aliphatic carbocycles. The molecule has 0 bridgehead atoms. The summed E-state index contributed by atoms with van der Waals surface area (Å²) in [6.45, 7) is 39.8. The summed E-state index contributed by atoms with van der Waals surface area (Å²) in [5, 5.41) is 29.3. The van der Waals surface area contributed by atoms with Crippen LogP contribution in [-0.2, 0) is 0 Å². The molecular formula is C30H69N3NdO3. The maximum atomic E-state index is 9.78. The Hall–Kier alpha value is 1.11. The van der Waals surface area contributed by atoms with E-state index in [1.807, 2.05) is 0 Å². The van der Waals surface area contributed by atoms with Crippen molar-refractivity contribution in [2.24, 2.45) is 16.2 Å². The molecule has 0 aromatic rings. The maximum Gasteiger partial charge on any atom is 0.0715 e. The largest absolute Gasteiger partial charge is 0.391 e. The second-order valence-electron chi connectivity index (χ2n) is 13.1. The Bertz CT molecular complexity index is 418. The average molecular weight is 664 g/mol. The van der Waals surface area contributed by atoms with Crippen LogP contribution < -0.4 is 0 Å². The number of hydrogen-bond acceptors (Lipinski definition) is 6. The number of likely N-dealkylation sites (N-methyl/N-ethyl adjacent to an activating group) is 3. The van der Waals surface area contributed by atoms with Crippen LogP contribution in [0.25, 0.3) is 0 Å². The second kappa shape index (κ2) is 22.8. The first kappa shape index (κ1) is 45.1. The molecule has 0 aromatic carbocycles. The predicted molar refractivity (Wildman–Crippen MR) is 160 cm³/mol. The molecule has 0 heterocycles. The van der Waals surface area contributed by atoms with E-state index in [1.54, 1.807) is 0 Å². The second-order valence-corrected chi connectivity index (χ2v) is 13.1. The Balaban J connectivity index is -0.000000218. The maximum absolute atomic E-state index is 9.78. The Morgan fingerprint density at radius 2 is 0.541 bits per heavy atom. The summed E-state index contributed by atoms with van der Waals surface area (Å²) in [6, 6.07) is 0. The standard InChI is InChI=1S/3C10H23NO.Nd/c3*1-6-11(7-2)8-9(12)10(3,4)5;/h3*9,12H,6-8H2,1-5H3;. The number of aliphatic hydroxyl groups is 3. The van der Waals surface area contributed by atoms with Crippen LogP contribution in [0.3, 0.4) is 0 Å². The third-order valence-electron chi connectivity index (χ3n) is 6.98. The van der Waals surface area contributed by atoms with Crippen LogP contribution in [0, 0.1) is 57.1 Å². The molecule has 0 saturated heterocycles. The van der Waals surface area contributed by atoms with Crippen molar-refractivity contribution >= 4 is 0 Å². The van der Waals surface area contributed by atoms with Crippen molar-refractivity contribution in [1.29, 1.82) is 0 Å². The van der Waals surface area contributed by atoms with Crippen LogP contribution in [0.15, 0.2) is 0 Å². The molecule has 0 spiro atoms. The fraction of sp³-hybridized carbons (Fsp3) is 1.00. The summed E-state index contributed by atoms with van der Waals surface area (Å²) in [5.74, 6) is 0. The van der Waals surface area contributed by atoms with E-state index in [4.69, 9.17) is 0 Å². The molecule has 3 N–H and O–H groups in total. The molecule has 0 saturated carbocycles. The summed E-state index contributed by atoms with van der Waals surface area (Å²) in [6.07, 6.45) is -0.674. The van der Waals surface area contributed by atoms with Gasteiger partial charge in [-0.2, -0.15) is 0 Å². The molecule has 0 rings (SSSR count). The molecule has 3 atom stereocenters. The molecular weight excluding hydrogens is 595 g/mol. The van der Waals surface area contributed by atoms with Gasteiger partial charge in [-0.3, -0.25) is 0 Å². The van der Waals surface area contributed by atoms with Gasteiger partial charge in [-0.1, -0.05) is 104 Å². The van der Waals surface area contributed by atoms with Crippen LogP contribution >= 0.6 is 0 Å². The van der Waals surface area contributed by atoms with Crippen molar-refractivity contribution < 1.29 is 56.2 Å². The van der Waals surface area contributed by atoms with E-state index < -0.39 is 0 Å². The van der Waals surface area contributed by atoms with Gasteiger partial charge in [0.1, 0.15) is 0 Å². The van der Waals surface area contributed by atoms with Gasteiger partial charge in [0, 0.05) is 60.5 Å². The predicted octanol–water partition coefficient (Wildman–Crippen LogP) is 5.21. The Morgan fingerprint density at radius 1 is 0.405 bits per heavy atom. The smallest absolute Gasteiger partial charge is 0.0715 e. The molecule has 3 unspecified atom stereocenters. The van der Waals surface area contributed by atoms with Crippen LogP contribution in [0.4, 0.5) is 0 Å². The molecule has 226 valence electrons. The molecule has 0 radical (unpaired) electrons. The summed E-state index contributed by atoms with van der Waals surface area (Å²) < 4.78 is 0. The number of aliphatic hydroxyl groups excluding tert-OH is 3. The Kier molecular flexibility index (Phi) is 27.7. The van der Waals surface area contributed by atoms with Crippen molar-refractivity contribution in [3.05, 3.63) is 0 Å². The van der Waals surface area contributed by atoms with E-state index >= 15 is 0 Å². The SMILES string of the molecule is CCN(CC)CC(O)C(C)(C)C.CCN(CC)CC(O)C(C)(C)C.CCN(CC)CC(O)C(C)(C)C.[Nd]. The van der Waals surface area contributed by atoms with Crippen molar-refractivity contribution in [3.63, 3.8) is 0 Å². The quantitative estimate of drug-likeness (QED) is 0.267. The third-order valence-corrected chi connectivity index (χ3v) is 6.98. The van der Waals surface area contributed by atoms with Crippen molar-refractivity contribution in [2.75, 3.05) is 58.9 Å². The molecule has 37 heavy (non-hydrogen) atoms. The van der Waals surface area contributed by atoms with Gasteiger partial charge >= 0.3 is 0 Å². The van der Waals surface area contributed by atoms with E-state index in [9.17, 15) is 15.3 Å². The molecule has 0 fully saturated rings. The molecule has 0 aliphatic heterocycles. The molecule has 0 amide bonds. The third kappa shape index (κ3) is 24.6. The minimum atomic E-state index is -0.225. The van der Waals surface area contributed by atoms with Gasteiger partial charge in [0.05, 0.1) is 18.3 Å². The normalized spacial score (nSPS) is 14.8. The Labute approximate surface area is 266 Å². The van der Waals surface area contributed by atoms with Crippen molar-refractivity contribution in [3.8, 4) is 0 Å². The Morgan fingerprint density at radius 3 is 0.622 bits per heavy atom. The minimum Gasteiger partial charge on any atom is -0.391 e. The average Bonchev–Trinajstić information content (AvgIpc) is 2.77. The minimum absolute atomic E-state index is 0. The number of hydrogen-bond donors (Lipinski definition) is 3. The van der Waals surface area contributed by atoms with E-state index in [0.717, 1.165) is 58.9 Å². The summed E-state index contributed by atoms with van der Waals surface area (Å²) in [7, 11) is 0. The van der Waals surface area contributed by atoms with Gasteiger partial charge < -0.3 is 30.0 Å². The van der Waals surface area contributed by atoms with E-state index in [2.05, 4.69) is 119 Å². The van der Waals surface area contributed by atoms with E-state index in [1.165, 1.54) is 0 Å². The monoisotopic (exact) mass is 661 g/mol. The molecule has 6 nitrogen and oxygen atoms in total. The van der Waals surface area contributed by atoms with Gasteiger partial charge in [-0.15, -0.1) is 0 Å². The van der Waals surface area contributed by atoms with Crippen LogP contribution in [0.5, 0.6) is 0 Å². The van der Waals surface area contributed by atoms with Crippen LogP contribution in [0.2, 0.25) is 0 Å². The zero-order valence-electron chi connectivity index (χ0n) is 27.8. The first-order valence-corrected chi connectivity index (χ1v) is 14.5. The first-order valence-electron chi connectivity index (χ1n) is 14.5. The van der Waals surface area contributed by atoms with E-state index in [0.29, 0.717) is 0 Å². The van der Waals surface area contributed by atoms with Gasteiger partial charge in [0.2, 0.25) is 0 Å². The topological polar surface area (TPSA) is 70.4 Å². The fourth-order valence-electron chi connectivity index (χ4n) is 3.00. The zero-order chi connectivity index (χ0) is 29.3. The zero-order valence-corrected chi connectivity index (χ0v) is 31.0. The van der Waals surface area contributed by atoms with Crippen molar-refractivity contribution in [1.82, 2.24) is 14.7 Å². The summed E-state index contributed by atoms with van der Waals surface area (Å²) in [4.78, 5) is 6.74. The van der Waals surface area contributed by atoms with Gasteiger partial charge in [-0.05, 0) is 55.5 Å². The van der Waals surface area contributed by atoms with Gasteiger partial charge in [0.15, 0.2) is 0 Å². The van der Waals surface area contributed by atoms with Crippen LogP contribution in [0.1, 0.15) is 104 Å². The van der Waals surface area contributed by atoms with Crippen molar-refractivity contribution in [2.45, 2.75) is 122 Å². The van der Waals surface area contributed by atoms with Gasteiger partial charge in [0.25, 0.3) is 0 Å². The fourth-order valence-corrected chi connectivity index (χ4v) is 3.00. The molecule has 0 aromatic heterocycles. The summed E-state index contributed by atoms with van der Waals surface area (Å²) in [5.41, 5.74) is 0.00771. The molecule has 7 heteroatoms. The van der Waals surface area contributed by atoms with E-state index in [-0.39, 0.29) is 75.4 Å².